The van der Waals surface area contributed by atoms with Crippen molar-refractivity contribution >= 4 is 68.1 Å². The molecule has 12 heteroatoms. The molecule has 44 heavy (non-hydrogen) atoms. The molecular formula is C32H24BrCl2N3O6. The molecule has 0 fully saturated rings. The van der Waals surface area contributed by atoms with Crippen molar-refractivity contribution in [1.82, 2.24) is 10.4 Å². The molecule has 0 unspecified atom stereocenters. The van der Waals surface area contributed by atoms with Gasteiger partial charge in [-0.25, -0.2) is 10.2 Å². The molecule has 224 valence electrons. The Hall–Kier alpha value is -4.51. The number of nitrogens with one attached hydrogen (secondary N) is 2. The van der Waals surface area contributed by atoms with Gasteiger partial charge in [-0.05, 0) is 42.5 Å². The average Bonchev–Trinajstić information content (AvgIpc) is 3.40. The van der Waals surface area contributed by atoms with Crippen molar-refractivity contribution in [3.05, 3.63) is 104 Å². The van der Waals surface area contributed by atoms with Gasteiger partial charge >= 0.3 is 5.97 Å². The van der Waals surface area contributed by atoms with Crippen molar-refractivity contribution in [2.75, 3.05) is 21.3 Å². The number of esters is 1. The quantitative estimate of drug-likeness (QED) is 0.0701. The van der Waals surface area contributed by atoms with E-state index in [2.05, 4.69) is 31.4 Å². The van der Waals surface area contributed by atoms with Crippen LogP contribution in [0, 0.1) is 0 Å². The number of methoxy groups -OCH3 is 3. The summed E-state index contributed by atoms with van der Waals surface area (Å²) in [6, 6.07) is 20.5. The van der Waals surface area contributed by atoms with Gasteiger partial charge in [0.2, 0.25) is 5.75 Å². The number of ether oxygens (including phenoxy) is 4. The Morgan fingerprint density at radius 3 is 2.23 bits per heavy atom. The molecule has 1 aromatic heterocycles. The highest BCUT2D eigenvalue weighted by atomic mass is 79.9. The molecule has 2 N–H and O–H groups in total. The first-order chi connectivity index (χ1) is 21.2. The number of halogens is 3. The topological polar surface area (TPSA) is 111 Å². The third kappa shape index (κ3) is 6.23. The smallest absolute Gasteiger partial charge is 0.343 e. The lowest BCUT2D eigenvalue weighted by Crippen LogP contribution is -2.19. The van der Waals surface area contributed by atoms with Crippen LogP contribution in [-0.2, 0) is 0 Å². The van der Waals surface area contributed by atoms with Gasteiger partial charge in [0.1, 0.15) is 11.4 Å². The minimum Gasteiger partial charge on any atom is -0.493 e. The van der Waals surface area contributed by atoms with E-state index in [4.69, 9.17) is 42.1 Å². The van der Waals surface area contributed by atoms with E-state index in [1.54, 1.807) is 42.5 Å². The zero-order valence-electron chi connectivity index (χ0n) is 23.5. The molecule has 0 saturated carbocycles. The van der Waals surface area contributed by atoms with Crippen LogP contribution >= 0.6 is 39.1 Å². The molecule has 4 aromatic carbocycles. The summed E-state index contributed by atoms with van der Waals surface area (Å²) in [7, 11) is 4.37. The predicted octanol–water partition coefficient (Wildman–Crippen LogP) is 7.91. The van der Waals surface area contributed by atoms with Gasteiger partial charge in [0.05, 0.1) is 43.6 Å². The van der Waals surface area contributed by atoms with Crippen LogP contribution in [0.15, 0.2) is 82.4 Å². The summed E-state index contributed by atoms with van der Waals surface area (Å²) in [5, 5.41) is 5.73. The maximum atomic E-state index is 13.5. The second-order valence-corrected chi connectivity index (χ2v) is 10.9. The van der Waals surface area contributed by atoms with Crippen LogP contribution in [0.1, 0.15) is 26.4 Å². The van der Waals surface area contributed by atoms with Crippen molar-refractivity contribution < 1.29 is 28.5 Å². The van der Waals surface area contributed by atoms with Crippen LogP contribution in [0.4, 0.5) is 0 Å². The van der Waals surface area contributed by atoms with Gasteiger partial charge in [0.15, 0.2) is 11.5 Å². The van der Waals surface area contributed by atoms with E-state index in [1.807, 2.05) is 18.2 Å². The Morgan fingerprint density at radius 1 is 0.864 bits per heavy atom. The predicted molar refractivity (Wildman–Crippen MR) is 174 cm³/mol. The summed E-state index contributed by atoms with van der Waals surface area (Å²) in [4.78, 5) is 29.7. The summed E-state index contributed by atoms with van der Waals surface area (Å²) in [5.41, 5.74) is 5.16. The molecule has 0 atom stereocenters. The van der Waals surface area contributed by atoms with E-state index in [-0.39, 0.29) is 17.0 Å². The van der Waals surface area contributed by atoms with Gasteiger partial charge < -0.3 is 23.9 Å². The number of hydrazone groups is 1. The van der Waals surface area contributed by atoms with E-state index in [0.29, 0.717) is 54.9 Å². The maximum absolute atomic E-state index is 13.5. The normalized spacial score (nSPS) is 11.0. The molecule has 0 aliphatic carbocycles. The fourth-order valence-electron chi connectivity index (χ4n) is 4.59. The Morgan fingerprint density at radius 2 is 1.55 bits per heavy atom. The second-order valence-electron chi connectivity index (χ2n) is 9.21. The first-order valence-electron chi connectivity index (χ1n) is 13.0. The highest BCUT2D eigenvalue weighted by Crippen LogP contribution is 2.41. The van der Waals surface area contributed by atoms with E-state index in [9.17, 15) is 9.59 Å². The zero-order chi connectivity index (χ0) is 31.4. The number of fused-ring (bicyclic) bond motifs is 1. The summed E-state index contributed by atoms with van der Waals surface area (Å²) in [5.74, 6) is -0.0389. The highest BCUT2D eigenvalue weighted by Gasteiger charge is 2.23. The minimum absolute atomic E-state index is 0.177. The van der Waals surface area contributed by atoms with Crippen LogP contribution in [0.2, 0.25) is 10.0 Å². The molecule has 0 bridgehead atoms. The van der Waals surface area contributed by atoms with Crippen LogP contribution in [0.25, 0.3) is 22.0 Å². The number of hydrogen-bond acceptors (Lipinski definition) is 7. The maximum Gasteiger partial charge on any atom is 0.343 e. The molecule has 1 heterocycles. The lowest BCUT2D eigenvalue weighted by atomic mass is 10.0. The first-order valence-corrected chi connectivity index (χ1v) is 14.5. The van der Waals surface area contributed by atoms with Crippen molar-refractivity contribution in [3.8, 4) is 34.1 Å². The van der Waals surface area contributed by atoms with E-state index < -0.39 is 11.9 Å². The fourth-order valence-corrected chi connectivity index (χ4v) is 5.67. The van der Waals surface area contributed by atoms with Gasteiger partial charge in [-0.3, -0.25) is 4.79 Å². The van der Waals surface area contributed by atoms with Crippen molar-refractivity contribution in [3.63, 3.8) is 0 Å². The van der Waals surface area contributed by atoms with Crippen molar-refractivity contribution in [2.24, 2.45) is 5.10 Å². The number of carbonyl (C=O) groups excluding carboxylic acids is 2. The number of nitrogens with zero attached hydrogens (tertiary/aromatic N) is 1. The third-order valence-corrected chi connectivity index (χ3v) is 7.67. The monoisotopic (exact) mass is 695 g/mol. The first kappa shape index (κ1) is 30.9. The molecule has 0 aliphatic heterocycles. The Labute approximate surface area is 270 Å². The largest absolute Gasteiger partial charge is 0.493 e. The number of H-pyrrole nitrogens is 1. The summed E-state index contributed by atoms with van der Waals surface area (Å²) in [6.07, 6.45) is 1.37. The molecule has 0 radical (unpaired) electrons. The van der Waals surface area contributed by atoms with E-state index in [1.165, 1.54) is 39.7 Å². The summed E-state index contributed by atoms with van der Waals surface area (Å²) >= 11 is 16.5. The Balaban J connectivity index is 1.42. The Bertz CT molecular complexity index is 1900. The number of rotatable bonds is 9. The molecule has 0 saturated heterocycles. The number of para-hydroxylation sites is 1. The van der Waals surface area contributed by atoms with Crippen LogP contribution in [0.3, 0.4) is 0 Å². The van der Waals surface area contributed by atoms with Gasteiger partial charge in [-0.15, -0.1) is 0 Å². The van der Waals surface area contributed by atoms with E-state index >= 15 is 0 Å². The number of hydrogen-bond donors (Lipinski definition) is 2. The van der Waals surface area contributed by atoms with Crippen molar-refractivity contribution in [1.29, 1.82) is 0 Å². The SMILES string of the molecule is COc1cc(C(=O)Oc2ccccc2C=NNC(=O)c2[nH]c3c(Cl)cc(Br)cc3c2-c2ccccc2Cl)cc(OC)c1OC. The standard InChI is InChI=1S/C32H24BrCl2N3O6/c1-41-25-12-18(13-26(42-2)30(25)43-3)32(40)44-24-11-7-4-8-17(24)16-36-38-31(39)29-27(20-9-5-6-10-22(20)34)21-14-19(33)15-23(35)28(21)37-29/h4-16,37H,1-3H3,(H,38,39). The molecule has 1 amide bonds. The van der Waals surface area contributed by atoms with Gasteiger partial charge in [0, 0.05) is 31.6 Å². The van der Waals surface area contributed by atoms with Crippen LogP contribution in [-0.4, -0.2) is 44.4 Å². The van der Waals surface area contributed by atoms with Crippen LogP contribution < -0.4 is 24.4 Å². The number of benzene rings is 4. The molecular weight excluding hydrogens is 673 g/mol. The second kappa shape index (κ2) is 13.4. The molecule has 5 rings (SSSR count). The Kier molecular flexibility index (Phi) is 9.43. The summed E-state index contributed by atoms with van der Waals surface area (Å²) < 4.78 is 22.4. The molecule has 0 aliphatic rings. The highest BCUT2D eigenvalue weighted by molar-refractivity contribution is 9.10. The average molecular weight is 697 g/mol. The number of aromatic amines is 1. The third-order valence-electron chi connectivity index (χ3n) is 6.59. The minimum atomic E-state index is -0.667. The number of amides is 1. The fraction of sp³-hybridized carbons (Fsp3) is 0.0938. The van der Waals surface area contributed by atoms with Gasteiger partial charge in [-0.2, -0.15) is 5.10 Å². The molecule has 0 spiro atoms. The van der Waals surface area contributed by atoms with E-state index in [0.717, 1.165) is 4.47 Å². The lowest BCUT2D eigenvalue weighted by molar-refractivity contribution is 0.0733. The number of carbonyl (C=O) groups is 2. The van der Waals surface area contributed by atoms with Gasteiger partial charge in [0.25, 0.3) is 5.91 Å². The zero-order valence-corrected chi connectivity index (χ0v) is 26.6. The van der Waals surface area contributed by atoms with Gasteiger partial charge in [-0.1, -0.05) is 69.5 Å². The molecule has 9 nitrogen and oxygen atoms in total. The van der Waals surface area contributed by atoms with Crippen molar-refractivity contribution in [2.45, 2.75) is 0 Å². The van der Waals surface area contributed by atoms with Crippen LogP contribution in [0.5, 0.6) is 23.0 Å². The summed E-state index contributed by atoms with van der Waals surface area (Å²) in [6.45, 7) is 0. The molecule has 5 aromatic rings. The number of aromatic nitrogens is 1. The lowest BCUT2D eigenvalue weighted by Gasteiger charge is -2.14.